The summed E-state index contributed by atoms with van der Waals surface area (Å²) in [6.45, 7) is 1.78. The Labute approximate surface area is 146 Å². The highest BCUT2D eigenvalue weighted by Gasteiger charge is 2.21. The first kappa shape index (κ1) is 19.0. The Hall–Kier alpha value is -2.29. The van der Waals surface area contributed by atoms with Crippen molar-refractivity contribution in [2.24, 2.45) is 0 Å². The minimum atomic E-state index is -3.84. The molecule has 2 rings (SSSR count). The molecule has 0 heterocycles. The van der Waals surface area contributed by atoms with Crippen LogP contribution in [-0.2, 0) is 21.4 Å². The maximum Gasteiger partial charge on any atom is 0.264 e. The molecule has 0 bridgehead atoms. The third kappa shape index (κ3) is 4.41. The summed E-state index contributed by atoms with van der Waals surface area (Å²) < 4.78 is 38.7. The van der Waals surface area contributed by atoms with Gasteiger partial charge in [-0.15, -0.1) is 0 Å². The molecule has 0 fully saturated rings. The molecule has 2 aromatic rings. The lowest BCUT2D eigenvalue weighted by Gasteiger charge is -2.14. The van der Waals surface area contributed by atoms with Gasteiger partial charge in [-0.05, 0) is 42.3 Å². The summed E-state index contributed by atoms with van der Waals surface area (Å²) in [5.41, 5.74) is 1.31. The van der Waals surface area contributed by atoms with Crippen LogP contribution in [0.15, 0.2) is 47.4 Å². The van der Waals surface area contributed by atoms with Crippen LogP contribution in [0.1, 0.15) is 21.5 Å². The van der Waals surface area contributed by atoms with E-state index in [9.17, 15) is 17.6 Å². The third-order valence-corrected chi connectivity index (χ3v) is 5.35. The molecule has 0 saturated carbocycles. The van der Waals surface area contributed by atoms with Gasteiger partial charge in [-0.2, -0.15) is 0 Å². The van der Waals surface area contributed by atoms with Gasteiger partial charge in [-0.25, -0.2) is 12.8 Å². The predicted octanol–water partition coefficient (Wildman–Crippen LogP) is 2.25. The van der Waals surface area contributed by atoms with Gasteiger partial charge in [0.1, 0.15) is 5.82 Å². The number of hydrogen-bond acceptors (Lipinski definition) is 4. The van der Waals surface area contributed by atoms with E-state index < -0.39 is 15.9 Å². The van der Waals surface area contributed by atoms with E-state index in [1.54, 1.807) is 19.1 Å². The van der Waals surface area contributed by atoms with Gasteiger partial charge in [0.05, 0.1) is 12.0 Å². The van der Waals surface area contributed by atoms with Crippen LogP contribution in [0.3, 0.4) is 0 Å². The summed E-state index contributed by atoms with van der Waals surface area (Å²) in [5.74, 6) is -0.805. The van der Waals surface area contributed by atoms with Crippen LogP contribution in [0.5, 0.6) is 0 Å². The summed E-state index contributed by atoms with van der Waals surface area (Å²) in [4.78, 5) is 16.9. The minimum absolute atomic E-state index is 0.0640. The van der Waals surface area contributed by atoms with Crippen molar-refractivity contribution in [1.82, 2.24) is 9.79 Å². The van der Waals surface area contributed by atoms with Crippen molar-refractivity contribution >= 4 is 15.9 Å². The monoisotopic (exact) mass is 366 g/mol. The van der Waals surface area contributed by atoms with Gasteiger partial charge in [0.25, 0.3) is 15.9 Å². The van der Waals surface area contributed by atoms with E-state index in [0.29, 0.717) is 15.6 Å². The number of amides is 1. The van der Waals surface area contributed by atoms with E-state index in [1.807, 2.05) is 0 Å². The van der Waals surface area contributed by atoms with Crippen molar-refractivity contribution in [2.45, 2.75) is 18.4 Å². The van der Waals surface area contributed by atoms with Crippen LogP contribution in [0.4, 0.5) is 4.39 Å². The fourth-order valence-electron chi connectivity index (χ4n) is 2.08. The van der Waals surface area contributed by atoms with Crippen LogP contribution in [-0.4, -0.2) is 33.0 Å². The first-order chi connectivity index (χ1) is 11.8. The van der Waals surface area contributed by atoms with Crippen LogP contribution < -0.4 is 5.32 Å². The lowest BCUT2D eigenvalue weighted by molar-refractivity contribution is -0.0258. The van der Waals surface area contributed by atoms with Gasteiger partial charge in [0.15, 0.2) is 0 Å². The number of halogens is 1. The Morgan fingerprint density at radius 1 is 1.24 bits per heavy atom. The minimum Gasteiger partial charge on any atom is -0.348 e. The number of carbonyl (C=O) groups excluding carboxylic acids is 1. The Morgan fingerprint density at radius 2 is 1.96 bits per heavy atom. The lowest BCUT2D eigenvalue weighted by atomic mass is 10.1. The average molecular weight is 366 g/mol. The number of carbonyl (C=O) groups is 1. The predicted molar refractivity (Wildman–Crippen MR) is 90.7 cm³/mol. The quantitative estimate of drug-likeness (QED) is 0.796. The number of benzene rings is 2. The molecule has 6 nitrogen and oxygen atoms in total. The molecular formula is C17H19FN2O4S. The highest BCUT2D eigenvalue weighted by atomic mass is 32.2. The molecule has 134 valence electrons. The van der Waals surface area contributed by atoms with Gasteiger partial charge in [0.2, 0.25) is 0 Å². The zero-order valence-corrected chi connectivity index (χ0v) is 14.9. The molecule has 0 radical (unpaired) electrons. The van der Waals surface area contributed by atoms with Gasteiger partial charge in [-0.1, -0.05) is 22.7 Å². The average Bonchev–Trinajstić information content (AvgIpc) is 2.61. The summed E-state index contributed by atoms with van der Waals surface area (Å²) in [6.07, 6.45) is 0. The second-order valence-electron chi connectivity index (χ2n) is 5.39. The molecule has 0 atom stereocenters. The van der Waals surface area contributed by atoms with E-state index in [-0.39, 0.29) is 22.8 Å². The molecule has 0 aliphatic heterocycles. The van der Waals surface area contributed by atoms with Crippen LogP contribution in [0.25, 0.3) is 0 Å². The topological polar surface area (TPSA) is 75.7 Å². The maximum atomic E-state index is 13.5. The summed E-state index contributed by atoms with van der Waals surface area (Å²) in [6, 6.07) is 10.3. The van der Waals surface area contributed by atoms with Gasteiger partial charge in [-0.3, -0.25) is 9.63 Å². The molecule has 0 aromatic heterocycles. The number of rotatable bonds is 6. The molecule has 1 N–H and O–H groups in total. The molecule has 0 aliphatic carbocycles. The van der Waals surface area contributed by atoms with Crippen molar-refractivity contribution in [2.75, 3.05) is 14.2 Å². The molecular weight excluding hydrogens is 347 g/mol. The summed E-state index contributed by atoms with van der Waals surface area (Å²) in [5, 5.41) is 2.64. The second kappa shape index (κ2) is 7.73. The van der Waals surface area contributed by atoms with Gasteiger partial charge in [0, 0.05) is 19.2 Å². The second-order valence-corrected chi connectivity index (χ2v) is 7.33. The van der Waals surface area contributed by atoms with Crippen molar-refractivity contribution in [1.29, 1.82) is 0 Å². The van der Waals surface area contributed by atoms with Crippen molar-refractivity contribution < 1.29 is 22.4 Å². The fraction of sp³-hybridized carbons (Fsp3) is 0.235. The molecule has 1 amide bonds. The first-order valence-electron chi connectivity index (χ1n) is 7.42. The number of sulfonamides is 1. The Morgan fingerprint density at radius 3 is 2.60 bits per heavy atom. The van der Waals surface area contributed by atoms with E-state index in [1.165, 1.54) is 44.5 Å². The number of nitrogens with one attached hydrogen (secondary N) is 1. The smallest absolute Gasteiger partial charge is 0.264 e. The molecule has 8 heteroatoms. The summed E-state index contributed by atoms with van der Waals surface area (Å²) in [7, 11) is -1.35. The molecule has 0 aliphatic rings. The normalized spacial score (nSPS) is 11.6. The molecule has 2 aromatic carbocycles. The third-order valence-electron chi connectivity index (χ3n) is 3.68. The number of hydroxylamine groups is 1. The number of nitrogens with zero attached hydrogens (tertiary/aromatic N) is 1. The van der Waals surface area contributed by atoms with Crippen molar-refractivity contribution in [3.05, 3.63) is 65.0 Å². The van der Waals surface area contributed by atoms with E-state index in [0.717, 1.165) is 0 Å². The molecule has 0 unspecified atom stereocenters. The number of hydrogen-bond donors (Lipinski definition) is 1. The van der Waals surface area contributed by atoms with Crippen LogP contribution >= 0.6 is 0 Å². The molecule has 0 spiro atoms. The molecule has 0 saturated heterocycles. The summed E-state index contributed by atoms with van der Waals surface area (Å²) >= 11 is 0. The fourth-order valence-corrected chi connectivity index (χ4v) is 3.09. The Bertz CT molecular complexity index is 884. The first-order valence-corrected chi connectivity index (χ1v) is 8.86. The van der Waals surface area contributed by atoms with E-state index in [4.69, 9.17) is 4.84 Å². The maximum absolute atomic E-state index is 13.5. The number of aryl methyl sites for hydroxylation is 1. The standard InChI is InChI=1S/C17H19FN2O4S/c1-12-7-8-13(9-16(12)18)11-19-17(21)14-5-4-6-15(10-14)25(22,23)20(2)24-3/h4-10H,11H2,1-3H3,(H,19,21). The van der Waals surface area contributed by atoms with Crippen LogP contribution in [0, 0.1) is 12.7 Å². The van der Waals surface area contributed by atoms with E-state index >= 15 is 0 Å². The van der Waals surface area contributed by atoms with E-state index in [2.05, 4.69) is 5.32 Å². The largest absolute Gasteiger partial charge is 0.348 e. The van der Waals surface area contributed by atoms with Gasteiger partial charge >= 0.3 is 0 Å². The zero-order chi connectivity index (χ0) is 18.6. The lowest BCUT2D eigenvalue weighted by Crippen LogP contribution is -2.27. The Kier molecular flexibility index (Phi) is 5.89. The SMILES string of the molecule is CON(C)S(=O)(=O)c1cccc(C(=O)NCc2ccc(C)c(F)c2)c1. The highest BCUT2D eigenvalue weighted by Crippen LogP contribution is 2.16. The van der Waals surface area contributed by atoms with Crippen molar-refractivity contribution in [3.63, 3.8) is 0 Å². The highest BCUT2D eigenvalue weighted by molar-refractivity contribution is 7.89. The van der Waals surface area contributed by atoms with Crippen LogP contribution in [0.2, 0.25) is 0 Å². The van der Waals surface area contributed by atoms with Crippen molar-refractivity contribution in [3.8, 4) is 0 Å². The Balaban J connectivity index is 2.15. The zero-order valence-electron chi connectivity index (χ0n) is 14.1. The molecule has 25 heavy (non-hydrogen) atoms. The van der Waals surface area contributed by atoms with Gasteiger partial charge < -0.3 is 5.32 Å².